The fraction of sp³-hybridized carbons (Fsp3) is 0.647. The summed E-state index contributed by atoms with van der Waals surface area (Å²) in [6, 6.07) is 7.76. The molecule has 1 N–H and O–H groups in total. The van der Waals surface area contributed by atoms with Crippen LogP contribution in [0.4, 0.5) is 0 Å². The van der Waals surface area contributed by atoms with E-state index in [1.54, 1.807) is 0 Å². The van der Waals surface area contributed by atoms with Crippen molar-refractivity contribution < 1.29 is 4.74 Å². The van der Waals surface area contributed by atoms with E-state index in [1.807, 2.05) is 0 Å². The van der Waals surface area contributed by atoms with Crippen LogP contribution in [0.15, 0.2) is 18.2 Å². The second-order valence-electron chi connectivity index (χ2n) is 6.61. The molecule has 0 aromatic heterocycles. The van der Waals surface area contributed by atoms with Gasteiger partial charge in [0, 0.05) is 18.7 Å². The van der Waals surface area contributed by atoms with Gasteiger partial charge in [0.25, 0.3) is 0 Å². The molecule has 1 saturated heterocycles. The zero-order valence-corrected chi connectivity index (χ0v) is 12.9. The van der Waals surface area contributed by atoms with Crippen LogP contribution < -0.4 is 5.32 Å². The van der Waals surface area contributed by atoms with E-state index in [4.69, 9.17) is 4.74 Å². The van der Waals surface area contributed by atoms with Gasteiger partial charge in [0.05, 0.1) is 5.60 Å². The van der Waals surface area contributed by atoms with Crippen LogP contribution in [0, 0.1) is 13.8 Å². The summed E-state index contributed by atoms with van der Waals surface area (Å²) >= 11 is 0. The number of hydrogen-bond donors (Lipinski definition) is 1. The van der Waals surface area contributed by atoms with Crippen LogP contribution in [0.25, 0.3) is 0 Å². The minimum Gasteiger partial charge on any atom is -0.375 e. The van der Waals surface area contributed by atoms with Gasteiger partial charge in [-0.3, -0.25) is 0 Å². The molecular weight excluding hydrogens is 234 g/mol. The lowest BCUT2D eigenvalue weighted by molar-refractivity contribution is -0.0640. The Morgan fingerprint density at radius 3 is 2.42 bits per heavy atom. The maximum Gasteiger partial charge on any atom is 0.0641 e. The molecule has 1 aromatic rings. The average molecular weight is 261 g/mol. The van der Waals surface area contributed by atoms with Crippen molar-refractivity contribution in [3.8, 4) is 0 Å². The lowest BCUT2D eigenvalue weighted by Gasteiger charge is -2.37. The Morgan fingerprint density at radius 1 is 1.21 bits per heavy atom. The molecule has 0 radical (unpaired) electrons. The fourth-order valence-electron chi connectivity index (χ4n) is 3.08. The van der Waals surface area contributed by atoms with Crippen LogP contribution in [-0.2, 0) is 4.74 Å². The third kappa shape index (κ3) is 4.05. The Morgan fingerprint density at radius 2 is 1.84 bits per heavy atom. The van der Waals surface area contributed by atoms with Crippen LogP contribution in [-0.4, -0.2) is 18.2 Å². The first kappa shape index (κ1) is 14.5. The standard InChI is InChI=1S/C17H27NO/c1-12-8-13(2)10-15(9-12)14(3)18-16-6-7-19-17(4,5)11-16/h8-10,14,16,18H,6-7,11H2,1-5H3. The van der Waals surface area contributed by atoms with Gasteiger partial charge in [0.15, 0.2) is 0 Å². The van der Waals surface area contributed by atoms with Crippen LogP contribution >= 0.6 is 0 Å². The minimum atomic E-state index is 0.0121. The molecule has 2 nitrogen and oxygen atoms in total. The maximum atomic E-state index is 5.78. The highest BCUT2D eigenvalue weighted by Gasteiger charge is 2.29. The van der Waals surface area contributed by atoms with E-state index in [2.05, 4.69) is 58.1 Å². The van der Waals surface area contributed by atoms with Crippen molar-refractivity contribution in [3.05, 3.63) is 34.9 Å². The Labute approximate surface area is 117 Å². The molecule has 106 valence electrons. The van der Waals surface area contributed by atoms with Crippen LogP contribution in [0.5, 0.6) is 0 Å². The summed E-state index contributed by atoms with van der Waals surface area (Å²) in [4.78, 5) is 0. The summed E-state index contributed by atoms with van der Waals surface area (Å²) < 4.78 is 5.78. The Kier molecular flexibility index (Phi) is 4.32. The van der Waals surface area contributed by atoms with Crippen LogP contribution in [0.1, 0.15) is 56.3 Å². The van der Waals surface area contributed by atoms with E-state index in [1.165, 1.54) is 16.7 Å². The van der Waals surface area contributed by atoms with Gasteiger partial charge in [-0.2, -0.15) is 0 Å². The second kappa shape index (κ2) is 5.64. The maximum absolute atomic E-state index is 5.78. The Balaban J connectivity index is 2.02. The quantitative estimate of drug-likeness (QED) is 0.890. The predicted octanol–water partition coefficient (Wildman–Crippen LogP) is 3.91. The largest absolute Gasteiger partial charge is 0.375 e. The van der Waals surface area contributed by atoms with Crippen molar-refractivity contribution in [1.82, 2.24) is 5.32 Å². The summed E-state index contributed by atoms with van der Waals surface area (Å²) in [6.45, 7) is 11.8. The molecular formula is C17H27NO. The second-order valence-corrected chi connectivity index (χ2v) is 6.61. The van der Waals surface area contributed by atoms with E-state index in [0.717, 1.165) is 19.4 Å². The molecule has 2 rings (SSSR count). The molecule has 19 heavy (non-hydrogen) atoms. The summed E-state index contributed by atoms with van der Waals surface area (Å²) in [5.41, 5.74) is 4.09. The lowest BCUT2D eigenvalue weighted by Crippen LogP contribution is -2.44. The van der Waals surface area contributed by atoms with Gasteiger partial charge in [-0.15, -0.1) is 0 Å². The summed E-state index contributed by atoms with van der Waals surface area (Å²) in [6.07, 6.45) is 2.20. The number of benzene rings is 1. The summed E-state index contributed by atoms with van der Waals surface area (Å²) in [5, 5.41) is 3.77. The van der Waals surface area contributed by atoms with Crippen molar-refractivity contribution in [2.45, 2.75) is 65.1 Å². The molecule has 0 amide bonds. The zero-order valence-electron chi connectivity index (χ0n) is 12.9. The molecule has 2 unspecified atom stereocenters. The van der Waals surface area contributed by atoms with Gasteiger partial charge in [-0.05, 0) is 53.0 Å². The first-order valence-corrected chi connectivity index (χ1v) is 7.34. The Hall–Kier alpha value is -0.860. The van der Waals surface area contributed by atoms with Gasteiger partial charge in [0.2, 0.25) is 0 Å². The SMILES string of the molecule is Cc1cc(C)cc(C(C)NC2CCOC(C)(C)C2)c1. The highest BCUT2D eigenvalue weighted by Crippen LogP contribution is 2.26. The van der Waals surface area contributed by atoms with Crippen molar-refractivity contribution in [1.29, 1.82) is 0 Å². The molecule has 1 aliphatic rings. The number of rotatable bonds is 3. The van der Waals surface area contributed by atoms with Crippen molar-refractivity contribution >= 4 is 0 Å². The fourth-order valence-corrected chi connectivity index (χ4v) is 3.08. The number of nitrogens with one attached hydrogen (secondary N) is 1. The van der Waals surface area contributed by atoms with Crippen molar-refractivity contribution in [3.63, 3.8) is 0 Å². The molecule has 0 saturated carbocycles. The average Bonchev–Trinajstić information content (AvgIpc) is 2.26. The van der Waals surface area contributed by atoms with Gasteiger partial charge < -0.3 is 10.1 Å². The number of ether oxygens (including phenoxy) is 1. The van der Waals surface area contributed by atoms with Gasteiger partial charge in [0.1, 0.15) is 0 Å². The molecule has 2 heteroatoms. The van der Waals surface area contributed by atoms with Crippen molar-refractivity contribution in [2.75, 3.05) is 6.61 Å². The van der Waals surface area contributed by atoms with Crippen LogP contribution in [0.3, 0.4) is 0 Å². The molecule has 1 heterocycles. The molecule has 1 fully saturated rings. The topological polar surface area (TPSA) is 21.3 Å². The number of aryl methyl sites for hydroxylation is 2. The summed E-state index contributed by atoms with van der Waals surface area (Å²) in [7, 11) is 0. The first-order chi connectivity index (χ1) is 8.85. The van der Waals surface area contributed by atoms with Gasteiger partial charge >= 0.3 is 0 Å². The lowest BCUT2D eigenvalue weighted by atomic mass is 9.92. The van der Waals surface area contributed by atoms with E-state index >= 15 is 0 Å². The molecule has 0 aliphatic carbocycles. The Bertz CT molecular complexity index is 419. The minimum absolute atomic E-state index is 0.0121. The van der Waals surface area contributed by atoms with Gasteiger partial charge in [-0.1, -0.05) is 29.3 Å². The van der Waals surface area contributed by atoms with E-state index in [0.29, 0.717) is 12.1 Å². The van der Waals surface area contributed by atoms with E-state index < -0.39 is 0 Å². The highest BCUT2D eigenvalue weighted by atomic mass is 16.5. The normalized spacial score (nSPS) is 24.2. The number of hydrogen-bond acceptors (Lipinski definition) is 2. The molecule has 0 spiro atoms. The molecule has 1 aromatic carbocycles. The van der Waals surface area contributed by atoms with Gasteiger partial charge in [-0.25, -0.2) is 0 Å². The van der Waals surface area contributed by atoms with Crippen LogP contribution in [0.2, 0.25) is 0 Å². The molecule has 1 aliphatic heterocycles. The zero-order chi connectivity index (χ0) is 14.0. The third-order valence-corrected chi connectivity index (χ3v) is 3.93. The third-order valence-electron chi connectivity index (χ3n) is 3.93. The highest BCUT2D eigenvalue weighted by molar-refractivity contribution is 5.30. The van der Waals surface area contributed by atoms with E-state index in [-0.39, 0.29) is 5.60 Å². The smallest absolute Gasteiger partial charge is 0.0641 e. The van der Waals surface area contributed by atoms with E-state index in [9.17, 15) is 0 Å². The summed E-state index contributed by atoms with van der Waals surface area (Å²) in [5.74, 6) is 0. The monoisotopic (exact) mass is 261 g/mol. The van der Waals surface area contributed by atoms with Crippen molar-refractivity contribution in [2.24, 2.45) is 0 Å². The predicted molar refractivity (Wildman–Crippen MR) is 80.5 cm³/mol. The first-order valence-electron chi connectivity index (χ1n) is 7.34. The molecule has 0 bridgehead atoms. The molecule has 2 atom stereocenters.